The van der Waals surface area contributed by atoms with Gasteiger partial charge in [-0.1, -0.05) is 18.2 Å². The molecular weight excluding hydrogens is 280 g/mol. The van der Waals surface area contributed by atoms with Gasteiger partial charge in [0.2, 0.25) is 0 Å². The van der Waals surface area contributed by atoms with Crippen molar-refractivity contribution < 1.29 is 0 Å². The van der Waals surface area contributed by atoms with E-state index in [1.807, 2.05) is 24.9 Å². The number of nitrogens with one attached hydrogen (secondary N) is 1. The van der Waals surface area contributed by atoms with Crippen molar-refractivity contribution in [1.29, 1.82) is 0 Å². The van der Waals surface area contributed by atoms with Gasteiger partial charge in [-0.3, -0.25) is 0 Å². The number of nitrogens with zero attached hydrogens (tertiary/aromatic N) is 3. The highest BCUT2D eigenvalue weighted by atomic mass is 32.2. The molecule has 0 aliphatic carbocycles. The van der Waals surface area contributed by atoms with Crippen molar-refractivity contribution in [2.75, 3.05) is 37.5 Å². The first-order valence-electron chi connectivity index (χ1n) is 7.17. The molecule has 1 heterocycles. The minimum atomic E-state index is 0.831. The van der Waals surface area contributed by atoms with E-state index in [4.69, 9.17) is 5.10 Å². The number of thioether (sulfide) groups is 1. The fourth-order valence-electron chi connectivity index (χ4n) is 2.41. The molecule has 0 fully saturated rings. The molecule has 0 saturated carbocycles. The van der Waals surface area contributed by atoms with Crippen molar-refractivity contribution in [2.45, 2.75) is 13.5 Å². The van der Waals surface area contributed by atoms with Gasteiger partial charge in [0.25, 0.3) is 0 Å². The van der Waals surface area contributed by atoms with Gasteiger partial charge in [-0.15, -0.1) is 0 Å². The molecule has 0 atom stereocenters. The fraction of sp³-hybridized carbons (Fsp3) is 0.438. The van der Waals surface area contributed by atoms with E-state index in [0.29, 0.717) is 0 Å². The summed E-state index contributed by atoms with van der Waals surface area (Å²) in [6.07, 6.45) is 2.14. The van der Waals surface area contributed by atoms with E-state index in [-0.39, 0.29) is 0 Å². The van der Waals surface area contributed by atoms with Crippen LogP contribution in [0.2, 0.25) is 0 Å². The number of anilines is 1. The molecule has 1 N–H and O–H groups in total. The monoisotopic (exact) mass is 304 g/mol. The molecule has 0 radical (unpaired) electrons. The van der Waals surface area contributed by atoms with Crippen LogP contribution in [-0.2, 0) is 6.54 Å². The summed E-state index contributed by atoms with van der Waals surface area (Å²) < 4.78 is 2.06. The maximum atomic E-state index is 4.76. The third kappa shape index (κ3) is 3.60. The molecule has 114 valence electrons. The Morgan fingerprint density at radius 3 is 2.62 bits per heavy atom. The quantitative estimate of drug-likeness (QED) is 0.852. The molecule has 0 aliphatic rings. The van der Waals surface area contributed by atoms with Crippen molar-refractivity contribution in [2.24, 2.45) is 0 Å². The van der Waals surface area contributed by atoms with Gasteiger partial charge in [-0.2, -0.15) is 16.9 Å². The molecule has 1 aromatic heterocycles. The Balaban J connectivity index is 2.47. The predicted molar refractivity (Wildman–Crippen MR) is 92.7 cm³/mol. The van der Waals surface area contributed by atoms with Gasteiger partial charge in [-0.25, -0.2) is 4.68 Å². The zero-order chi connectivity index (χ0) is 15.2. The summed E-state index contributed by atoms with van der Waals surface area (Å²) >= 11 is 1.87. The highest BCUT2D eigenvalue weighted by Crippen LogP contribution is 2.26. The zero-order valence-corrected chi connectivity index (χ0v) is 14.1. The fourth-order valence-corrected chi connectivity index (χ4v) is 2.86. The Morgan fingerprint density at radius 2 is 2.00 bits per heavy atom. The number of benzene rings is 1. The Labute approximate surface area is 131 Å². The largest absolute Gasteiger partial charge is 0.358 e. The average molecular weight is 304 g/mol. The number of hydrogen-bond acceptors (Lipinski definition) is 4. The molecule has 4 nitrogen and oxygen atoms in total. The van der Waals surface area contributed by atoms with Crippen LogP contribution in [0.3, 0.4) is 0 Å². The lowest BCUT2D eigenvalue weighted by Gasteiger charge is -2.22. The number of rotatable bonds is 7. The molecule has 1 aromatic carbocycles. The van der Waals surface area contributed by atoms with Crippen LogP contribution >= 0.6 is 11.8 Å². The highest BCUT2D eigenvalue weighted by Gasteiger charge is 2.18. The van der Waals surface area contributed by atoms with Crippen LogP contribution in [0.1, 0.15) is 11.3 Å². The number of para-hydroxylation sites is 1. The maximum Gasteiger partial charge on any atom is 0.136 e. The second-order valence-corrected chi connectivity index (χ2v) is 6.07. The van der Waals surface area contributed by atoms with Gasteiger partial charge in [-0.05, 0) is 32.4 Å². The van der Waals surface area contributed by atoms with E-state index in [0.717, 1.165) is 30.2 Å². The van der Waals surface area contributed by atoms with E-state index in [1.54, 1.807) is 0 Å². The Bertz CT molecular complexity index is 565. The van der Waals surface area contributed by atoms with Gasteiger partial charge in [0, 0.05) is 31.5 Å². The molecule has 5 heteroatoms. The zero-order valence-electron chi connectivity index (χ0n) is 13.3. The maximum absolute atomic E-state index is 4.76. The Kier molecular flexibility index (Phi) is 5.70. The van der Waals surface area contributed by atoms with Gasteiger partial charge < -0.3 is 10.2 Å². The summed E-state index contributed by atoms with van der Waals surface area (Å²) in [5.41, 5.74) is 3.46. The summed E-state index contributed by atoms with van der Waals surface area (Å²) in [7, 11) is 4.12. The Morgan fingerprint density at radius 1 is 1.29 bits per heavy atom. The van der Waals surface area contributed by atoms with Crippen molar-refractivity contribution in [1.82, 2.24) is 15.1 Å². The third-order valence-corrected chi connectivity index (χ3v) is 4.09. The van der Waals surface area contributed by atoms with E-state index in [1.165, 1.54) is 11.4 Å². The summed E-state index contributed by atoms with van der Waals surface area (Å²) in [4.78, 5) is 2.30. The van der Waals surface area contributed by atoms with Gasteiger partial charge >= 0.3 is 0 Å². The lowest BCUT2D eigenvalue weighted by molar-refractivity contribution is 0.796. The second-order valence-electron chi connectivity index (χ2n) is 5.08. The van der Waals surface area contributed by atoms with Crippen molar-refractivity contribution in [3.63, 3.8) is 0 Å². The minimum absolute atomic E-state index is 0.831. The van der Waals surface area contributed by atoms with Crippen molar-refractivity contribution in [3.05, 3.63) is 41.6 Å². The number of aromatic nitrogens is 2. The Hall–Kier alpha value is -1.46. The topological polar surface area (TPSA) is 33.1 Å². The smallest absolute Gasteiger partial charge is 0.136 e. The van der Waals surface area contributed by atoms with Gasteiger partial charge in [0.1, 0.15) is 5.82 Å². The molecule has 0 aliphatic heterocycles. The molecular formula is C16H24N4S. The lowest BCUT2D eigenvalue weighted by atomic mass is 10.2. The lowest BCUT2D eigenvalue weighted by Crippen LogP contribution is -2.25. The molecule has 0 bridgehead atoms. The van der Waals surface area contributed by atoms with Crippen LogP contribution < -0.4 is 10.2 Å². The van der Waals surface area contributed by atoms with Crippen LogP contribution in [0.25, 0.3) is 5.69 Å². The molecule has 2 aromatic rings. The predicted octanol–water partition coefficient (Wildman–Crippen LogP) is 2.70. The standard InChI is InChI=1S/C16H24N4S/c1-13-15(12-17-2)16(19(3)10-11-21-4)20(18-13)14-8-6-5-7-9-14/h5-9,17H,10-12H2,1-4H3. The van der Waals surface area contributed by atoms with Crippen LogP contribution in [0.5, 0.6) is 0 Å². The number of aryl methyl sites for hydroxylation is 1. The summed E-state index contributed by atoms with van der Waals surface area (Å²) in [5, 5.41) is 8.01. The summed E-state index contributed by atoms with van der Waals surface area (Å²) in [6, 6.07) is 10.3. The molecule has 2 rings (SSSR count). The normalized spacial score (nSPS) is 10.9. The summed E-state index contributed by atoms with van der Waals surface area (Å²) in [6.45, 7) is 3.92. The van der Waals surface area contributed by atoms with E-state index in [9.17, 15) is 0 Å². The van der Waals surface area contributed by atoms with E-state index < -0.39 is 0 Å². The molecule has 21 heavy (non-hydrogen) atoms. The molecule has 0 saturated heterocycles. The molecule has 0 unspecified atom stereocenters. The average Bonchev–Trinajstić information content (AvgIpc) is 2.83. The minimum Gasteiger partial charge on any atom is -0.358 e. The van der Waals surface area contributed by atoms with E-state index in [2.05, 4.69) is 59.4 Å². The van der Waals surface area contributed by atoms with Crippen molar-refractivity contribution in [3.8, 4) is 5.69 Å². The van der Waals surface area contributed by atoms with Crippen molar-refractivity contribution >= 4 is 17.6 Å². The first kappa shape index (κ1) is 15.9. The first-order valence-corrected chi connectivity index (χ1v) is 8.57. The van der Waals surface area contributed by atoms with Crippen LogP contribution in [0, 0.1) is 6.92 Å². The van der Waals surface area contributed by atoms with Crippen LogP contribution in [-0.4, -0.2) is 42.4 Å². The molecule has 0 spiro atoms. The van der Waals surface area contributed by atoms with Gasteiger partial charge in [0.15, 0.2) is 0 Å². The number of hydrogen-bond donors (Lipinski definition) is 1. The second kappa shape index (κ2) is 7.52. The van der Waals surface area contributed by atoms with Gasteiger partial charge in [0.05, 0.1) is 11.4 Å². The summed E-state index contributed by atoms with van der Waals surface area (Å²) in [5.74, 6) is 2.29. The SMILES string of the molecule is CNCc1c(C)nn(-c2ccccc2)c1N(C)CCSC. The highest BCUT2D eigenvalue weighted by molar-refractivity contribution is 7.98. The van der Waals surface area contributed by atoms with Crippen LogP contribution in [0.4, 0.5) is 5.82 Å². The first-order chi connectivity index (χ1) is 10.2. The molecule has 0 amide bonds. The van der Waals surface area contributed by atoms with E-state index >= 15 is 0 Å². The van der Waals surface area contributed by atoms with Crippen LogP contribution in [0.15, 0.2) is 30.3 Å². The third-order valence-electron chi connectivity index (χ3n) is 3.50.